The molecule has 4 nitrogen and oxygen atoms in total. The van der Waals surface area contributed by atoms with E-state index in [2.05, 4.69) is 31.7 Å². The van der Waals surface area contributed by atoms with Crippen LogP contribution >= 0.6 is 23.2 Å². The first-order chi connectivity index (χ1) is 11.6. The maximum atomic E-state index is 6.15. The van der Waals surface area contributed by atoms with Gasteiger partial charge in [-0.15, -0.1) is 0 Å². The lowest BCUT2D eigenvalue weighted by molar-refractivity contribution is 0.976. The van der Waals surface area contributed by atoms with Gasteiger partial charge in [0.1, 0.15) is 0 Å². The number of halogens is 2. The Morgan fingerprint density at radius 3 is 2.71 bits per heavy atom. The zero-order valence-electron chi connectivity index (χ0n) is 12.7. The van der Waals surface area contributed by atoms with Gasteiger partial charge in [0, 0.05) is 50.5 Å². The third-order valence-corrected chi connectivity index (χ3v) is 4.36. The first-order valence-electron chi connectivity index (χ1n) is 7.32. The van der Waals surface area contributed by atoms with Crippen LogP contribution in [0.25, 0.3) is 33.4 Å². The second kappa shape index (κ2) is 5.89. The molecule has 24 heavy (non-hydrogen) atoms. The zero-order chi connectivity index (χ0) is 16.7. The monoisotopic (exact) mass is 358 g/mol. The minimum atomic E-state index is 0. The lowest BCUT2D eigenvalue weighted by atomic mass is 10.0. The van der Waals surface area contributed by atoms with Gasteiger partial charge in [0.2, 0.25) is 5.28 Å². The van der Waals surface area contributed by atoms with E-state index in [1.54, 1.807) is 18.6 Å². The number of hydrogen-bond donors (Lipinski definition) is 0. The number of aryl methyl sites for hydroxylation is 1. The molecule has 0 bridgehead atoms. The number of fused-ring (bicyclic) bond motifs is 1. The summed E-state index contributed by atoms with van der Waals surface area (Å²) in [5.41, 5.74) is 4.76. The Labute approximate surface area is 151 Å². The third-order valence-electron chi connectivity index (χ3n) is 3.97. The molecule has 0 saturated heterocycles. The summed E-state index contributed by atoms with van der Waals surface area (Å²) in [7, 11) is 2.02. The number of hydrogen-bond acceptors (Lipinski definition) is 3. The normalized spacial score (nSPS) is 11.1. The highest BCUT2D eigenvalue weighted by atomic mass is 35.5. The van der Waals surface area contributed by atoms with E-state index in [1.807, 2.05) is 31.3 Å². The molecule has 4 aromatic rings. The fourth-order valence-corrected chi connectivity index (χ4v) is 3.33. The molecule has 0 unspecified atom stereocenters. The summed E-state index contributed by atoms with van der Waals surface area (Å²) < 4.78 is 2.12. The molecule has 0 spiro atoms. The highest BCUT2D eigenvalue weighted by Crippen LogP contribution is 2.39. The summed E-state index contributed by atoms with van der Waals surface area (Å²) in [6.45, 7) is 0. The van der Waals surface area contributed by atoms with Gasteiger partial charge in [-0.25, -0.2) is 9.97 Å². The standard InChI is InChI=1S/C18H12Cl2N4.2H2/c1-24-15-5-3-2-4-13(15)16(14-6-7-22-18(20)23-14)17(24)11-8-12(19)10-21-9-11;;/h2-10H,1H3;2*1H. The maximum absolute atomic E-state index is 6.15. The summed E-state index contributed by atoms with van der Waals surface area (Å²) in [6.07, 6.45) is 5.08. The molecule has 122 valence electrons. The molecule has 0 fully saturated rings. The van der Waals surface area contributed by atoms with E-state index in [1.165, 1.54) is 0 Å². The minimum Gasteiger partial charge on any atom is -0.343 e. The Morgan fingerprint density at radius 1 is 1.08 bits per heavy atom. The van der Waals surface area contributed by atoms with Crippen molar-refractivity contribution in [1.29, 1.82) is 0 Å². The van der Waals surface area contributed by atoms with Gasteiger partial charge in [0.25, 0.3) is 0 Å². The molecule has 0 aliphatic rings. The molecule has 4 rings (SSSR count). The summed E-state index contributed by atoms with van der Waals surface area (Å²) >= 11 is 12.2. The predicted molar refractivity (Wildman–Crippen MR) is 101 cm³/mol. The Hall–Kier alpha value is -2.43. The third kappa shape index (κ3) is 2.44. The molecular formula is C18H16Cl2N4. The first-order valence-corrected chi connectivity index (χ1v) is 8.08. The first kappa shape index (κ1) is 15.1. The molecule has 1 aromatic carbocycles. The van der Waals surface area contributed by atoms with Crippen LogP contribution in [0.3, 0.4) is 0 Å². The van der Waals surface area contributed by atoms with Crippen molar-refractivity contribution >= 4 is 34.1 Å². The molecule has 0 saturated carbocycles. The molecule has 0 amide bonds. The molecule has 0 N–H and O–H groups in total. The summed E-state index contributed by atoms with van der Waals surface area (Å²) in [5, 5.41) is 1.89. The van der Waals surface area contributed by atoms with Crippen LogP contribution in [0.2, 0.25) is 10.3 Å². The second-order valence-corrected chi connectivity index (χ2v) is 6.18. The smallest absolute Gasteiger partial charge is 0.222 e. The fourth-order valence-electron chi connectivity index (χ4n) is 3.01. The van der Waals surface area contributed by atoms with Crippen LogP contribution in [0, 0.1) is 0 Å². The van der Waals surface area contributed by atoms with Gasteiger partial charge in [0.15, 0.2) is 0 Å². The number of aromatic nitrogens is 4. The molecule has 0 radical (unpaired) electrons. The van der Waals surface area contributed by atoms with Crippen LogP contribution in [-0.2, 0) is 7.05 Å². The van der Waals surface area contributed by atoms with Crippen molar-refractivity contribution in [3.63, 3.8) is 0 Å². The van der Waals surface area contributed by atoms with Crippen molar-refractivity contribution in [3.05, 3.63) is 65.3 Å². The van der Waals surface area contributed by atoms with Crippen molar-refractivity contribution in [3.8, 4) is 22.5 Å². The summed E-state index contributed by atoms with van der Waals surface area (Å²) in [4.78, 5) is 12.6. The summed E-state index contributed by atoms with van der Waals surface area (Å²) in [6, 6.07) is 11.9. The van der Waals surface area contributed by atoms with Gasteiger partial charge < -0.3 is 4.57 Å². The average Bonchev–Trinajstić information content (AvgIpc) is 2.88. The molecule has 3 aromatic heterocycles. The van der Waals surface area contributed by atoms with E-state index in [-0.39, 0.29) is 8.14 Å². The molecule has 0 aliphatic heterocycles. The number of para-hydroxylation sites is 1. The van der Waals surface area contributed by atoms with Gasteiger partial charge >= 0.3 is 0 Å². The van der Waals surface area contributed by atoms with Crippen molar-refractivity contribution in [2.45, 2.75) is 0 Å². The average molecular weight is 359 g/mol. The minimum absolute atomic E-state index is 0. The van der Waals surface area contributed by atoms with Gasteiger partial charge in [-0.05, 0) is 29.8 Å². The number of benzene rings is 1. The van der Waals surface area contributed by atoms with Crippen LogP contribution in [-0.4, -0.2) is 19.5 Å². The quantitative estimate of drug-likeness (QED) is 0.444. The van der Waals surface area contributed by atoms with Crippen LogP contribution < -0.4 is 0 Å². The number of rotatable bonds is 2. The van der Waals surface area contributed by atoms with Crippen molar-refractivity contribution in [2.75, 3.05) is 0 Å². The van der Waals surface area contributed by atoms with Gasteiger partial charge in [0.05, 0.1) is 16.4 Å². The molecule has 0 atom stereocenters. The lowest BCUT2D eigenvalue weighted by Gasteiger charge is -2.08. The predicted octanol–water partition coefficient (Wildman–Crippen LogP) is 5.50. The van der Waals surface area contributed by atoms with E-state index >= 15 is 0 Å². The van der Waals surface area contributed by atoms with E-state index in [0.717, 1.165) is 33.4 Å². The Kier molecular flexibility index (Phi) is 3.71. The molecule has 0 aliphatic carbocycles. The number of nitrogens with zero attached hydrogens (tertiary/aromatic N) is 4. The Balaban J connectivity index is 0.00000121. The summed E-state index contributed by atoms with van der Waals surface area (Å²) in [5.74, 6) is 0. The lowest BCUT2D eigenvalue weighted by Crippen LogP contribution is -1.94. The van der Waals surface area contributed by atoms with Crippen molar-refractivity contribution in [2.24, 2.45) is 7.05 Å². The topological polar surface area (TPSA) is 43.6 Å². The number of pyridine rings is 1. The van der Waals surface area contributed by atoms with Gasteiger partial charge in [-0.1, -0.05) is 29.8 Å². The Morgan fingerprint density at radius 2 is 1.92 bits per heavy atom. The Bertz CT molecular complexity index is 1070. The molecular weight excluding hydrogens is 343 g/mol. The van der Waals surface area contributed by atoms with Crippen LogP contribution in [0.15, 0.2) is 55.0 Å². The maximum Gasteiger partial charge on any atom is 0.222 e. The van der Waals surface area contributed by atoms with Crippen molar-refractivity contribution in [1.82, 2.24) is 19.5 Å². The van der Waals surface area contributed by atoms with Crippen molar-refractivity contribution < 1.29 is 2.85 Å². The SMILES string of the molecule is Cn1c(-c2cncc(Cl)c2)c(-c2ccnc(Cl)n2)c2ccccc21.[HH].[HH]. The second-order valence-electron chi connectivity index (χ2n) is 5.40. The molecule has 3 heterocycles. The van der Waals surface area contributed by atoms with Crippen LogP contribution in [0.4, 0.5) is 0 Å². The van der Waals surface area contributed by atoms with E-state index < -0.39 is 0 Å². The molecule has 6 heteroatoms. The highest BCUT2D eigenvalue weighted by Gasteiger charge is 2.19. The van der Waals surface area contributed by atoms with Crippen LogP contribution in [0.5, 0.6) is 0 Å². The van der Waals surface area contributed by atoms with Gasteiger partial charge in [-0.2, -0.15) is 0 Å². The van der Waals surface area contributed by atoms with E-state index in [4.69, 9.17) is 23.2 Å². The largest absolute Gasteiger partial charge is 0.343 e. The van der Waals surface area contributed by atoms with E-state index in [9.17, 15) is 0 Å². The highest BCUT2D eigenvalue weighted by molar-refractivity contribution is 6.30. The van der Waals surface area contributed by atoms with Crippen LogP contribution in [0.1, 0.15) is 2.85 Å². The zero-order valence-corrected chi connectivity index (χ0v) is 14.3. The van der Waals surface area contributed by atoms with Gasteiger partial charge in [-0.3, -0.25) is 4.98 Å². The van der Waals surface area contributed by atoms with E-state index in [0.29, 0.717) is 5.02 Å². The fraction of sp³-hybridized carbons (Fsp3) is 0.0556.